The van der Waals surface area contributed by atoms with Gasteiger partial charge in [0.25, 0.3) is 0 Å². The van der Waals surface area contributed by atoms with Crippen molar-refractivity contribution < 1.29 is 8.78 Å². The SMILES string of the molecule is CCNC(=NCc1cc(F)ccc1F)NCC1CCCN(C)C1c1cccs1. The van der Waals surface area contributed by atoms with Gasteiger partial charge in [0.2, 0.25) is 0 Å². The van der Waals surface area contributed by atoms with Gasteiger partial charge in [-0.15, -0.1) is 11.3 Å². The first-order valence-corrected chi connectivity index (χ1v) is 10.7. The first kappa shape index (κ1) is 20.7. The summed E-state index contributed by atoms with van der Waals surface area (Å²) < 4.78 is 27.2. The zero-order valence-corrected chi connectivity index (χ0v) is 17.2. The van der Waals surface area contributed by atoms with Gasteiger partial charge in [-0.25, -0.2) is 13.8 Å². The number of hydrogen-bond donors (Lipinski definition) is 2. The van der Waals surface area contributed by atoms with Crippen molar-refractivity contribution in [3.63, 3.8) is 0 Å². The molecule has 2 aromatic rings. The molecular formula is C21H28F2N4S. The Labute approximate surface area is 169 Å². The van der Waals surface area contributed by atoms with Gasteiger partial charge >= 0.3 is 0 Å². The van der Waals surface area contributed by atoms with Crippen molar-refractivity contribution in [2.75, 3.05) is 26.7 Å². The number of nitrogens with one attached hydrogen (secondary N) is 2. The number of halogens is 2. The number of guanidine groups is 1. The third kappa shape index (κ3) is 5.29. The molecule has 0 amide bonds. The molecule has 4 nitrogen and oxygen atoms in total. The summed E-state index contributed by atoms with van der Waals surface area (Å²) >= 11 is 1.80. The van der Waals surface area contributed by atoms with Crippen molar-refractivity contribution >= 4 is 17.3 Å². The topological polar surface area (TPSA) is 39.7 Å². The van der Waals surface area contributed by atoms with Gasteiger partial charge in [-0.05, 0) is 68.9 Å². The molecule has 2 unspecified atom stereocenters. The van der Waals surface area contributed by atoms with E-state index in [9.17, 15) is 8.78 Å². The van der Waals surface area contributed by atoms with Crippen LogP contribution in [0.2, 0.25) is 0 Å². The average Bonchev–Trinajstić information content (AvgIpc) is 3.20. The summed E-state index contributed by atoms with van der Waals surface area (Å²) in [6.45, 7) is 4.67. The predicted octanol–water partition coefficient (Wildman–Crippen LogP) is 4.16. The van der Waals surface area contributed by atoms with E-state index in [0.717, 1.165) is 31.6 Å². The Morgan fingerprint density at radius 2 is 2.14 bits per heavy atom. The fraction of sp³-hybridized carbons (Fsp3) is 0.476. The predicted molar refractivity (Wildman–Crippen MR) is 112 cm³/mol. The average molecular weight is 407 g/mol. The van der Waals surface area contributed by atoms with Gasteiger partial charge in [0, 0.05) is 29.6 Å². The summed E-state index contributed by atoms with van der Waals surface area (Å²) in [4.78, 5) is 8.26. The highest BCUT2D eigenvalue weighted by atomic mass is 32.1. The van der Waals surface area contributed by atoms with Crippen LogP contribution in [0.4, 0.5) is 8.78 Å². The van der Waals surface area contributed by atoms with E-state index < -0.39 is 11.6 Å². The molecule has 2 heterocycles. The van der Waals surface area contributed by atoms with Crippen molar-refractivity contribution in [3.8, 4) is 0 Å². The Bertz CT molecular complexity index is 779. The monoisotopic (exact) mass is 406 g/mol. The minimum Gasteiger partial charge on any atom is -0.357 e. The lowest BCUT2D eigenvalue weighted by Gasteiger charge is -2.39. The van der Waals surface area contributed by atoms with E-state index in [-0.39, 0.29) is 12.1 Å². The fourth-order valence-electron chi connectivity index (χ4n) is 3.78. The molecule has 7 heteroatoms. The van der Waals surface area contributed by atoms with Gasteiger partial charge in [-0.3, -0.25) is 4.90 Å². The Balaban J connectivity index is 1.67. The summed E-state index contributed by atoms with van der Waals surface area (Å²) in [5, 5.41) is 8.73. The number of nitrogens with zero attached hydrogens (tertiary/aromatic N) is 2. The summed E-state index contributed by atoms with van der Waals surface area (Å²) in [5.41, 5.74) is 0.256. The maximum Gasteiger partial charge on any atom is 0.191 e. The highest BCUT2D eigenvalue weighted by Crippen LogP contribution is 2.36. The molecule has 0 saturated carbocycles. The first-order valence-electron chi connectivity index (χ1n) is 9.78. The molecule has 2 N–H and O–H groups in total. The van der Waals surface area contributed by atoms with E-state index in [1.165, 1.54) is 17.4 Å². The summed E-state index contributed by atoms with van der Waals surface area (Å²) in [5.74, 6) is 0.206. The van der Waals surface area contributed by atoms with E-state index in [1.54, 1.807) is 11.3 Å². The third-order valence-electron chi connectivity index (χ3n) is 5.13. The second-order valence-corrected chi connectivity index (χ2v) is 8.13. The van der Waals surface area contributed by atoms with Gasteiger partial charge < -0.3 is 10.6 Å². The van der Waals surface area contributed by atoms with Crippen molar-refractivity contribution in [2.45, 2.75) is 32.4 Å². The van der Waals surface area contributed by atoms with Gasteiger partial charge in [0.1, 0.15) is 11.6 Å². The minimum absolute atomic E-state index is 0.0951. The largest absolute Gasteiger partial charge is 0.357 e. The molecular weight excluding hydrogens is 378 g/mol. The smallest absolute Gasteiger partial charge is 0.191 e. The van der Waals surface area contributed by atoms with Crippen LogP contribution in [0, 0.1) is 17.6 Å². The van der Waals surface area contributed by atoms with Crippen LogP contribution in [0.3, 0.4) is 0 Å². The van der Waals surface area contributed by atoms with E-state index in [0.29, 0.717) is 24.5 Å². The van der Waals surface area contributed by atoms with Gasteiger partial charge in [0.05, 0.1) is 6.54 Å². The molecule has 28 heavy (non-hydrogen) atoms. The summed E-state index contributed by atoms with van der Waals surface area (Å²) in [7, 11) is 2.18. The van der Waals surface area contributed by atoms with Crippen LogP contribution in [0.25, 0.3) is 0 Å². The van der Waals surface area contributed by atoms with Gasteiger partial charge in [0.15, 0.2) is 5.96 Å². The Kier molecular flexibility index (Phi) is 7.39. The number of benzene rings is 1. The maximum absolute atomic E-state index is 13.9. The molecule has 0 bridgehead atoms. The van der Waals surface area contributed by atoms with E-state index in [2.05, 4.69) is 45.1 Å². The van der Waals surface area contributed by atoms with Crippen molar-refractivity contribution in [1.29, 1.82) is 0 Å². The molecule has 1 fully saturated rings. The number of piperidine rings is 1. The van der Waals surface area contributed by atoms with E-state index >= 15 is 0 Å². The lowest BCUT2D eigenvalue weighted by atomic mass is 9.88. The normalized spacial score (nSPS) is 20.9. The number of hydrogen-bond acceptors (Lipinski definition) is 3. The maximum atomic E-state index is 13.9. The number of thiophene rings is 1. The minimum atomic E-state index is -0.450. The Morgan fingerprint density at radius 3 is 2.89 bits per heavy atom. The van der Waals surface area contributed by atoms with Crippen molar-refractivity contribution in [3.05, 3.63) is 57.8 Å². The number of rotatable bonds is 6. The van der Waals surface area contributed by atoms with Crippen LogP contribution in [0.1, 0.15) is 36.2 Å². The molecule has 0 aliphatic carbocycles. The van der Waals surface area contributed by atoms with Crippen molar-refractivity contribution in [2.24, 2.45) is 10.9 Å². The quantitative estimate of drug-likeness (QED) is 0.559. The summed E-state index contributed by atoms with van der Waals surface area (Å²) in [6.07, 6.45) is 2.32. The molecule has 1 saturated heterocycles. The van der Waals surface area contributed by atoms with E-state index in [4.69, 9.17) is 0 Å². The molecule has 2 atom stereocenters. The number of aliphatic imine (C=N–C) groups is 1. The molecule has 1 aliphatic rings. The highest BCUT2D eigenvalue weighted by Gasteiger charge is 2.31. The molecule has 0 spiro atoms. The van der Waals surface area contributed by atoms with Crippen LogP contribution in [0.5, 0.6) is 0 Å². The number of likely N-dealkylation sites (tertiary alicyclic amines) is 1. The van der Waals surface area contributed by atoms with Crippen molar-refractivity contribution in [1.82, 2.24) is 15.5 Å². The van der Waals surface area contributed by atoms with Crippen LogP contribution < -0.4 is 10.6 Å². The fourth-order valence-corrected chi connectivity index (χ4v) is 4.76. The van der Waals surface area contributed by atoms with Crippen LogP contribution >= 0.6 is 11.3 Å². The Morgan fingerprint density at radius 1 is 1.29 bits per heavy atom. The zero-order chi connectivity index (χ0) is 19.9. The van der Waals surface area contributed by atoms with Gasteiger partial charge in [-0.1, -0.05) is 6.07 Å². The second kappa shape index (κ2) is 9.98. The first-order chi connectivity index (χ1) is 13.6. The van der Waals surface area contributed by atoms with Crippen LogP contribution in [0.15, 0.2) is 40.7 Å². The third-order valence-corrected chi connectivity index (χ3v) is 6.08. The highest BCUT2D eigenvalue weighted by molar-refractivity contribution is 7.10. The molecule has 152 valence electrons. The van der Waals surface area contributed by atoms with E-state index in [1.807, 2.05) is 6.92 Å². The van der Waals surface area contributed by atoms with Gasteiger partial charge in [-0.2, -0.15) is 0 Å². The Hall–Kier alpha value is -1.99. The van der Waals surface area contributed by atoms with Crippen LogP contribution in [-0.2, 0) is 6.54 Å². The molecule has 0 radical (unpaired) electrons. The summed E-state index contributed by atoms with van der Waals surface area (Å²) in [6, 6.07) is 8.16. The standard InChI is InChI=1S/C21H28F2N4S/c1-3-24-21(26-14-16-12-17(22)8-9-18(16)23)25-13-15-6-4-10-27(2)20(15)19-7-5-11-28-19/h5,7-9,11-12,15,20H,3-4,6,10,13-14H2,1-2H3,(H2,24,25,26). The second-order valence-electron chi connectivity index (χ2n) is 7.15. The lowest BCUT2D eigenvalue weighted by Crippen LogP contribution is -2.44. The molecule has 3 rings (SSSR count). The van der Waals surface area contributed by atoms with Crippen LogP contribution in [-0.4, -0.2) is 37.5 Å². The molecule has 1 aromatic carbocycles. The molecule has 1 aliphatic heterocycles. The molecule has 1 aromatic heterocycles. The zero-order valence-electron chi connectivity index (χ0n) is 16.4. The lowest BCUT2D eigenvalue weighted by molar-refractivity contribution is 0.125.